The molecule has 0 bridgehead atoms. The quantitative estimate of drug-likeness (QED) is 0.700. The van der Waals surface area contributed by atoms with Crippen LogP contribution >= 0.6 is 0 Å². The molecule has 1 spiro atoms. The Morgan fingerprint density at radius 1 is 1.20 bits per heavy atom. The molecular weight excluding hydrogens is 184 g/mol. The molecule has 1 N–H and O–H groups in total. The molecule has 0 saturated heterocycles. The minimum Gasteiger partial charge on any atom is -0.364 e. The smallest absolute Gasteiger partial charge is 0.130 e. The summed E-state index contributed by atoms with van der Waals surface area (Å²) in [4.78, 5) is 4.68. The molecule has 1 aliphatic heterocycles. The third-order valence-electron chi connectivity index (χ3n) is 3.57. The van der Waals surface area contributed by atoms with Gasteiger partial charge in [0.1, 0.15) is 5.82 Å². The van der Waals surface area contributed by atoms with Crippen LogP contribution in [0.25, 0.3) is 10.9 Å². The van der Waals surface area contributed by atoms with E-state index in [9.17, 15) is 0 Å². The molecule has 1 saturated carbocycles. The Kier molecular flexibility index (Phi) is 1.19. The summed E-state index contributed by atoms with van der Waals surface area (Å²) in [5.74, 6) is 1.12. The molecule has 0 atom stereocenters. The van der Waals surface area contributed by atoms with Gasteiger partial charge in [-0.15, -0.1) is 0 Å². The van der Waals surface area contributed by atoms with E-state index < -0.39 is 0 Å². The van der Waals surface area contributed by atoms with Crippen LogP contribution in [0.1, 0.15) is 18.4 Å². The molecule has 2 aliphatic rings. The van der Waals surface area contributed by atoms with E-state index in [1.54, 1.807) is 0 Å². The molecule has 0 unspecified atom stereocenters. The average molecular weight is 196 g/mol. The molecule has 2 heteroatoms. The summed E-state index contributed by atoms with van der Waals surface area (Å²) in [6.45, 7) is 0. The predicted octanol–water partition coefficient (Wildman–Crippen LogP) is 2.74. The van der Waals surface area contributed by atoms with Crippen molar-refractivity contribution in [3.8, 4) is 0 Å². The van der Waals surface area contributed by atoms with Gasteiger partial charge in [0.25, 0.3) is 0 Å². The second-order valence-electron chi connectivity index (χ2n) is 4.77. The van der Waals surface area contributed by atoms with Gasteiger partial charge >= 0.3 is 0 Å². The van der Waals surface area contributed by atoms with E-state index >= 15 is 0 Å². The Labute approximate surface area is 88.3 Å². The summed E-state index contributed by atoms with van der Waals surface area (Å²) in [7, 11) is 0. The molecule has 2 aromatic rings. The van der Waals surface area contributed by atoms with Crippen molar-refractivity contribution >= 4 is 16.7 Å². The average Bonchev–Trinajstić information content (AvgIpc) is 2.89. The summed E-state index contributed by atoms with van der Waals surface area (Å²) in [6.07, 6.45) is 3.78. The number of benzene rings is 1. The standard InChI is InChI=1S/C13H12N2/c1-2-4-11-9(3-1)7-10-8-13(5-6-13)15-12(10)14-11/h1-4,7H,5-6,8H2,(H,14,15). The van der Waals surface area contributed by atoms with Crippen LogP contribution in [0.3, 0.4) is 0 Å². The first-order chi connectivity index (χ1) is 7.35. The maximum atomic E-state index is 4.68. The SMILES string of the molecule is c1ccc2nc3c(cc2c1)CC1(CC1)N3. The van der Waals surface area contributed by atoms with Crippen molar-refractivity contribution < 1.29 is 0 Å². The number of hydrogen-bond acceptors (Lipinski definition) is 2. The molecule has 0 radical (unpaired) electrons. The van der Waals surface area contributed by atoms with E-state index in [1.165, 1.54) is 30.2 Å². The molecule has 2 heterocycles. The van der Waals surface area contributed by atoms with Crippen LogP contribution in [0.4, 0.5) is 5.82 Å². The normalized spacial score (nSPS) is 20.3. The van der Waals surface area contributed by atoms with Gasteiger partial charge in [-0.3, -0.25) is 0 Å². The number of fused-ring (bicyclic) bond motifs is 2. The van der Waals surface area contributed by atoms with E-state index in [-0.39, 0.29) is 0 Å². The number of nitrogens with zero attached hydrogens (tertiary/aromatic N) is 1. The minimum absolute atomic E-state index is 0.396. The summed E-state index contributed by atoms with van der Waals surface area (Å²) in [5.41, 5.74) is 2.89. The van der Waals surface area contributed by atoms with Crippen molar-refractivity contribution in [2.45, 2.75) is 24.8 Å². The minimum atomic E-state index is 0.396. The number of para-hydroxylation sites is 1. The Hall–Kier alpha value is -1.57. The zero-order valence-electron chi connectivity index (χ0n) is 8.46. The van der Waals surface area contributed by atoms with Gasteiger partial charge in [0.2, 0.25) is 0 Å². The lowest BCUT2D eigenvalue weighted by Crippen LogP contribution is -2.16. The van der Waals surface area contributed by atoms with Crippen LogP contribution in [-0.4, -0.2) is 10.5 Å². The summed E-state index contributed by atoms with van der Waals surface area (Å²) in [5, 5.41) is 4.83. The first-order valence-corrected chi connectivity index (χ1v) is 5.52. The van der Waals surface area contributed by atoms with Gasteiger partial charge in [-0.1, -0.05) is 18.2 Å². The van der Waals surface area contributed by atoms with Crippen LogP contribution in [0.2, 0.25) is 0 Å². The summed E-state index contributed by atoms with van der Waals surface area (Å²) < 4.78 is 0. The lowest BCUT2D eigenvalue weighted by molar-refractivity contribution is 0.771. The van der Waals surface area contributed by atoms with E-state index in [0.717, 1.165) is 11.3 Å². The maximum Gasteiger partial charge on any atom is 0.130 e. The van der Waals surface area contributed by atoms with Crippen LogP contribution < -0.4 is 5.32 Å². The number of pyridine rings is 1. The molecule has 1 fully saturated rings. The van der Waals surface area contributed by atoms with E-state index in [0.29, 0.717) is 5.54 Å². The predicted molar refractivity (Wildman–Crippen MR) is 61.0 cm³/mol. The largest absolute Gasteiger partial charge is 0.364 e. The number of rotatable bonds is 0. The fraction of sp³-hybridized carbons (Fsp3) is 0.308. The summed E-state index contributed by atoms with van der Waals surface area (Å²) >= 11 is 0. The van der Waals surface area contributed by atoms with E-state index in [4.69, 9.17) is 0 Å². The highest BCUT2D eigenvalue weighted by Crippen LogP contribution is 2.47. The highest BCUT2D eigenvalue weighted by Gasteiger charge is 2.47. The highest BCUT2D eigenvalue weighted by atomic mass is 15.1. The zero-order valence-corrected chi connectivity index (χ0v) is 8.46. The van der Waals surface area contributed by atoms with Crippen LogP contribution in [0.15, 0.2) is 30.3 Å². The fourth-order valence-corrected chi connectivity index (χ4v) is 2.52. The highest BCUT2D eigenvalue weighted by molar-refractivity contribution is 5.82. The first kappa shape index (κ1) is 7.69. The van der Waals surface area contributed by atoms with Crippen LogP contribution in [-0.2, 0) is 6.42 Å². The monoisotopic (exact) mass is 196 g/mol. The third-order valence-corrected chi connectivity index (χ3v) is 3.57. The Balaban J connectivity index is 1.96. The van der Waals surface area contributed by atoms with Crippen LogP contribution in [0.5, 0.6) is 0 Å². The number of nitrogens with one attached hydrogen (secondary N) is 1. The Morgan fingerprint density at radius 2 is 2.07 bits per heavy atom. The van der Waals surface area contributed by atoms with Gasteiger partial charge < -0.3 is 5.32 Å². The van der Waals surface area contributed by atoms with Crippen molar-refractivity contribution in [1.82, 2.24) is 4.98 Å². The lowest BCUT2D eigenvalue weighted by Gasteiger charge is -2.05. The fourth-order valence-electron chi connectivity index (χ4n) is 2.52. The molecule has 1 aliphatic carbocycles. The van der Waals surface area contributed by atoms with Gasteiger partial charge in [0.15, 0.2) is 0 Å². The molecule has 74 valence electrons. The van der Waals surface area contributed by atoms with E-state index in [1.807, 2.05) is 6.07 Å². The van der Waals surface area contributed by atoms with Crippen molar-refractivity contribution in [3.05, 3.63) is 35.9 Å². The Morgan fingerprint density at radius 3 is 2.93 bits per heavy atom. The van der Waals surface area contributed by atoms with Gasteiger partial charge in [0, 0.05) is 10.9 Å². The maximum absolute atomic E-state index is 4.68. The molecule has 4 rings (SSSR count). The second-order valence-corrected chi connectivity index (χ2v) is 4.77. The van der Waals surface area contributed by atoms with Gasteiger partial charge in [-0.05, 0) is 37.0 Å². The lowest BCUT2D eigenvalue weighted by atomic mass is 10.1. The molecule has 0 amide bonds. The molecule has 1 aromatic heterocycles. The molecular formula is C13H12N2. The molecule has 1 aromatic carbocycles. The first-order valence-electron chi connectivity index (χ1n) is 5.52. The molecule has 15 heavy (non-hydrogen) atoms. The number of anilines is 1. The second kappa shape index (κ2) is 2.32. The molecule has 2 nitrogen and oxygen atoms in total. The third kappa shape index (κ3) is 1.02. The van der Waals surface area contributed by atoms with Crippen molar-refractivity contribution in [3.63, 3.8) is 0 Å². The topological polar surface area (TPSA) is 24.9 Å². The van der Waals surface area contributed by atoms with Gasteiger partial charge in [-0.2, -0.15) is 0 Å². The van der Waals surface area contributed by atoms with Crippen LogP contribution in [0, 0.1) is 0 Å². The van der Waals surface area contributed by atoms with Crippen molar-refractivity contribution in [2.24, 2.45) is 0 Å². The Bertz CT molecular complexity index is 509. The van der Waals surface area contributed by atoms with Crippen molar-refractivity contribution in [1.29, 1.82) is 0 Å². The van der Waals surface area contributed by atoms with Gasteiger partial charge in [-0.25, -0.2) is 4.98 Å². The number of hydrogen-bond donors (Lipinski definition) is 1. The summed E-state index contributed by atoms with van der Waals surface area (Å²) in [6, 6.07) is 10.6. The van der Waals surface area contributed by atoms with Crippen molar-refractivity contribution in [2.75, 3.05) is 5.32 Å². The van der Waals surface area contributed by atoms with Gasteiger partial charge in [0.05, 0.1) is 5.52 Å². The van der Waals surface area contributed by atoms with E-state index in [2.05, 4.69) is 34.6 Å². The number of aromatic nitrogens is 1. The zero-order chi connectivity index (χ0) is 9.88.